The molecule has 0 radical (unpaired) electrons. The van der Waals surface area contributed by atoms with Crippen LogP contribution in [0.4, 0.5) is 0 Å². The van der Waals surface area contributed by atoms with Crippen LogP contribution in [0.5, 0.6) is 23.0 Å². The molecule has 0 fully saturated rings. The fraction of sp³-hybridized carbons (Fsp3) is 0.208. The van der Waals surface area contributed by atoms with Crippen molar-refractivity contribution in [1.82, 2.24) is 9.97 Å². The Morgan fingerprint density at radius 1 is 1.00 bits per heavy atom. The molecule has 0 bridgehead atoms. The number of benzene rings is 2. The lowest BCUT2D eigenvalue weighted by Gasteiger charge is -2.15. The van der Waals surface area contributed by atoms with Crippen LogP contribution in [0.1, 0.15) is 23.8 Å². The van der Waals surface area contributed by atoms with Gasteiger partial charge in [-0.05, 0) is 24.3 Å². The Hall–Kier alpha value is -3.71. The predicted octanol–water partition coefficient (Wildman–Crippen LogP) is 4.55. The molecule has 0 saturated carbocycles. The second-order valence-corrected chi connectivity index (χ2v) is 6.94. The number of aromatic nitrogens is 2. The number of ether oxygens (including phenoxy) is 3. The van der Waals surface area contributed by atoms with E-state index in [1.165, 1.54) is 6.92 Å². The number of carbonyl (C=O) groups is 1. The number of carbonyl (C=O) groups excluding carboxylic acids is 1. The predicted molar refractivity (Wildman–Crippen MR) is 117 cm³/mol. The van der Waals surface area contributed by atoms with Crippen LogP contribution in [-0.2, 0) is 0 Å². The highest BCUT2D eigenvalue weighted by molar-refractivity contribution is 5.98. The van der Waals surface area contributed by atoms with E-state index < -0.39 is 0 Å². The van der Waals surface area contributed by atoms with E-state index in [0.29, 0.717) is 46.9 Å². The zero-order valence-electron chi connectivity index (χ0n) is 17.3. The number of aliphatic hydroxyl groups is 1. The molecule has 0 spiro atoms. The molecule has 1 N–H and O–H groups in total. The summed E-state index contributed by atoms with van der Waals surface area (Å²) >= 11 is 0. The number of para-hydroxylation sites is 1. The molecule has 2 aromatic carbocycles. The van der Waals surface area contributed by atoms with Crippen LogP contribution in [-0.4, -0.2) is 41.2 Å². The molecule has 2 aromatic heterocycles. The third-order valence-corrected chi connectivity index (χ3v) is 4.79. The topological polar surface area (TPSA) is 90.8 Å². The van der Waals surface area contributed by atoms with E-state index in [2.05, 4.69) is 9.97 Å². The number of pyridine rings is 2. The first-order valence-corrected chi connectivity index (χ1v) is 9.89. The van der Waals surface area contributed by atoms with Gasteiger partial charge in [-0.3, -0.25) is 9.78 Å². The van der Waals surface area contributed by atoms with Gasteiger partial charge in [-0.2, -0.15) is 0 Å². The zero-order chi connectivity index (χ0) is 21.8. The van der Waals surface area contributed by atoms with Crippen molar-refractivity contribution in [2.24, 2.45) is 0 Å². The van der Waals surface area contributed by atoms with E-state index in [4.69, 9.17) is 19.3 Å². The number of hydrogen-bond donors (Lipinski definition) is 1. The van der Waals surface area contributed by atoms with Crippen molar-refractivity contribution in [3.05, 3.63) is 60.4 Å². The molecule has 0 aliphatic rings. The molecule has 0 aliphatic heterocycles. The van der Waals surface area contributed by atoms with E-state index >= 15 is 0 Å². The Bertz CT molecular complexity index is 1260. The van der Waals surface area contributed by atoms with Crippen molar-refractivity contribution in [3.8, 4) is 23.0 Å². The molecule has 4 rings (SSSR count). The number of aliphatic hydroxyl groups excluding tert-OH is 1. The summed E-state index contributed by atoms with van der Waals surface area (Å²) in [5, 5.41) is 10.6. The second kappa shape index (κ2) is 8.97. The molecule has 7 heteroatoms. The summed E-state index contributed by atoms with van der Waals surface area (Å²) in [5.74, 6) is 1.76. The molecule has 0 atom stereocenters. The van der Waals surface area contributed by atoms with Crippen molar-refractivity contribution in [1.29, 1.82) is 0 Å². The van der Waals surface area contributed by atoms with Gasteiger partial charge in [-0.1, -0.05) is 18.2 Å². The SMILES string of the molecule is COc1cc2c(Oc3cc4ccccc4nc3C(C)=O)ccnc2cc1OCCCO. The van der Waals surface area contributed by atoms with Crippen molar-refractivity contribution < 1.29 is 24.1 Å². The molecule has 0 unspecified atom stereocenters. The van der Waals surface area contributed by atoms with Gasteiger partial charge in [0.05, 0.1) is 24.8 Å². The smallest absolute Gasteiger partial charge is 0.181 e. The van der Waals surface area contributed by atoms with Crippen LogP contribution in [0.2, 0.25) is 0 Å². The average Bonchev–Trinajstić information content (AvgIpc) is 2.78. The average molecular weight is 418 g/mol. The monoisotopic (exact) mass is 418 g/mol. The summed E-state index contributed by atoms with van der Waals surface area (Å²) < 4.78 is 17.4. The van der Waals surface area contributed by atoms with Crippen molar-refractivity contribution in [3.63, 3.8) is 0 Å². The number of rotatable bonds is 8. The lowest BCUT2D eigenvalue weighted by molar-refractivity contribution is 0.101. The summed E-state index contributed by atoms with van der Waals surface area (Å²) in [6, 6.07) is 14.7. The van der Waals surface area contributed by atoms with E-state index in [0.717, 1.165) is 10.9 Å². The molecule has 0 aliphatic carbocycles. The van der Waals surface area contributed by atoms with Crippen LogP contribution >= 0.6 is 0 Å². The normalized spacial score (nSPS) is 10.9. The fourth-order valence-corrected chi connectivity index (χ4v) is 3.28. The third kappa shape index (κ3) is 4.27. The highest BCUT2D eigenvalue weighted by atomic mass is 16.5. The second-order valence-electron chi connectivity index (χ2n) is 6.94. The van der Waals surface area contributed by atoms with Crippen LogP contribution in [0.15, 0.2) is 54.7 Å². The molecule has 31 heavy (non-hydrogen) atoms. The number of hydrogen-bond acceptors (Lipinski definition) is 7. The molecular weight excluding hydrogens is 396 g/mol. The molecule has 7 nitrogen and oxygen atoms in total. The lowest BCUT2D eigenvalue weighted by atomic mass is 10.1. The number of Topliss-reactive ketones (excluding diaryl/α,β-unsaturated/α-hetero) is 1. The van der Waals surface area contributed by atoms with Gasteiger partial charge in [0.2, 0.25) is 0 Å². The first-order chi connectivity index (χ1) is 15.1. The number of methoxy groups -OCH3 is 1. The highest BCUT2D eigenvalue weighted by Gasteiger charge is 2.16. The van der Waals surface area contributed by atoms with Crippen LogP contribution < -0.4 is 14.2 Å². The highest BCUT2D eigenvalue weighted by Crippen LogP contribution is 2.38. The van der Waals surface area contributed by atoms with E-state index in [1.54, 1.807) is 31.5 Å². The van der Waals surface area contributed by atoms with Crippen molar-refractivity contribution in [2.75, 3.05) is 20.3 Å². The minimum Gasteiger partial charge on any atom is -0.493 e. The minimum absolute atomic E-state index is 0.0460. The van der Waals surface area contributed by atoms with E-state index in [1.807, 2.05) is 30.3 Å². The summed E-state index contributed by atoms with van der Waals surface area (Å²) in [4.78, 5) is 21.1. The molecule has 0 saturated heterocycles. The molecule has 158 valence electrons. The van der Waals surface area contributed by atoms with Gasteiger partial charge in [0.1, 0.15) is 11.4 Å². The summed E-state index contributed by atoms with van der Waals surface area (Å²) in [6.45, 7) is 1.87. The quantitative estimate of drug-likeness (QED) is 0.332. The maximum atomic E-state index is 12.2. The molecular formula is C24H22N2O5. The Labute approximate surface area is 179 Å². The standard InChI is InChI=1S/C24H22N2O5/c1-15(28)24-23(12-16-6-3-4-7-18(16)26-24)31-20-8-9-25-19-14-22(30-11-5-10-27)21(29-2)13-17(19)20/h3-4,6-9,12-14,27H,5,10-11H2,1-2H3. The largest absolute Gasteiger partial charge is 0.493 e. The van der Waals surface area contributed by atoms with Crippen molar-refractivity contribution in [2.45, 2.75) is 13.3 Å². The Balaban J connectivity index is 1.78. The maximum Gasteiger partial charge on any atom is 0.181 e. The Morgan fingerprint density at radius 3 is 2.61 bits per heavy atom. The zero-order valence-corrected chi connectivity index (χ0v) is 17.3. The fourth-order valence-electron chi connectivity index (χ4n) is 3.28. The third-order valence-electron chi connectivity index (χ3n) is 4.79. The Morgan fingerprint density at radius 2 is 1.84 bits per heavy atom. The van der Waals surface area contributed by atoms with Gasteiger partial charge >= 0.3 is 0 Å². The van der Waals surface area contributed by atoms with Crippen LogP contribution in [0.3, 0.4) is 0 Å². The molecule has 2 heterocycles. The summed E-state index contributed by atoms with van der Waals surface area (Å²) in [6.07, 6.45) is 2.14. The van der Waals surface area contributed by atoms with Gasteiger partial charge in [0.25, 0.3) is 0 Å². The first-order valence-electron chi connectivity index (χ1n) is 9.89. The van der Waals surface area contributed by atoms with Gasteiger partial charge < -0.3 is 19.3 Å². The van der Waals surface area contributed by atoms with Gasteiger partial charge in [-0.25, -0.2) is 4.98 Å². The van der Waals surface area contributed by atoms with E-state index in [-0.39, 0.29) is 18.1 Å². The van der Waals surface area contributed by atoms with Crippen LogP contribution in [0, 0.1) is 0 Å². The molecule has 0 amide bonds. The first kappa shape index (κ1) is 20.6. The van der Waals surface area contributed by atoms with Gasteiger partial charge in [-0.15, -0.1) is 0 Å². The van der Waals surface area contributed by atoms with Crippen molar-refractivity contribution >= 4 is 27.6 Å². The maximum absolute atomic E-state index is 12.2. The van der Waals surface area contributed by atoms with Crippen LogP contribution in [0.25, 0.3) is 21.8 Å². The van der Waals surface area contributed by atoms with Gasteiger partial charge in [0, 0.05) is 43.0 Å². The summed E-state index contributed by atoms with van der Waals surface area (Å²) in [5.41, 5.74) is 1.64. The summed E-state index contributed by atoms with van der Waals surface area (Å²) in [7, 11) is 1.55. The number of fused-ring (bicyclic) bond motifs is 2. The Kier molecular flexibility index (Phi) is 5.95. The minimum atomic E-state index is -0.184. The van der Waals surface area contributed by atoms with Gasteiger partial charge in [0.15, 0.2) is 23.0 Å². The number of ketones is 1. The number of nitrogens with zero attached hydrogens (tertiary/aromatic N) is 2. The van der Waals surface area contributed by atoms with E-state index in [9.17, 15) is 4.79 Å². The lowest BCUT2D eigenvalue weighted by Crippen LogP contribution is -2.03. The molecule has 4 aromatic rings.